The summed E-state index contributed by atoms with van der Waals surface area (Å²) in [6.45, 7) is 2.92. The Kier molecular flexibility index (Phi) is 5.69. The largest absolute Gasteiger partial charge is 0.393 e. The van der Waals surface area contributed by atoms with Gasteiger partial charge in [0, 0.05) is 6.54 Å². The van der Waals surface area contributed by atoms with Crippen molar-refractivity contribution in [3.8, 4) is 0 Å². The number of unbranched alkanes of at least 4 members (excludes halogenated alkanes) is 1. The number of nitrogens with zero attached hydrogens (tertiary/aromatic N) is 1. The molecule has 16 heavy (non-hydrogen) atoms. The van der Waals surface area contributed by atoms with E-state index in [1.54, 1.807) is 0 Å². The van der Waals surface area contributed by atoms with Crippen molar-refractivity contribution in [2.45, 2.75) is 32.1 Å². The Hall–Kier alpha value is -0.680. The summed E-state index contributed by atoms with van der Waals surface area (Å²) in [7, 11) is 0. The second-order valence-corrected chi connectivity index (χ2v) is 4.99. The molecule has 4 nitrogen and oxygen atoms in total. The summed E-state index contributed by atoms with van der Waals surface area (Å²) in [5, 5.41) is 0. The van der Waals surface area contributed by atoms with Gasteiger partial charge in [0.25, 0.3) is 0 Å². The van der Waals surface area contributed by atoms with Crippen molar-refractivity contribution in [3.05, 3.63) is 0 Å². The molecule has 0 aromatic rings. The fourth-order valence-electron chi connectivity index (χ4n) is 2.13. The van der Waals surface area contributed by atoms with Crippen LogP contribution in [-0.4, -0.2) is 35.4 Å². The number of hydrogen-bond donors (Lipinski definition) is 2. The van der Waals surface area contributed by atoms with E-state index in [2.05, 4.69) is 4.90 Å². The summed E-state index contributed by atoms with van der Waals surface area (Å²) in [5.41, 5.74) is 10.8. The fourth-order valence-corrected chi connectivity index (χ4v) is 2.27. The number of carbonyl (C=O) groups excluding carboxylic acids is 1. The molecular formula is C11H21N3OS. The fraction of sp³-hybridized carbons (Fsp3) is 0.818. The Labute approximate surface area is 102 Å². The van der Waals surface area contributed by atoms with E-state index in [0.29, 0.717) is 4.99 Å². The van der Waals surface area contributed by atoms with Crippen LogP contribution in [0.1, 0.15) is 32.1 Å². The molecule has 1 aliphatic heterocycles. The molecule has 0 aromatic carbocycles. The average Bonchev–Trinajstić information content (AvgIpc) is 2.24. The van der Waals surface area contributed by atoms with Crippen LogP contribution in [0, 0.1) is 5.92 Å². The number of nitrogens with two attached hydrogens (primary N) is 2. The first-order valence-electron chi connectivity index (χ1n) is 5.89. The Bertz CT molecular complexity index is 258. The molecule has 1 aliphatic rings. The lowest BCUT2D eigenvalue weighted by Crippen LogP contribution is -2.41. The number of likely N-dealkylation sites (tertiary alicyclic amines) is 1. The highest BCUT2D eigenvalue weighted by atomic mass is 32.1. The monoisotopic (exact) mass is 243 g/mol. The van der Waals surface area contributed by atoms with Crippen molar-refractivity contribution in [3.63, 3.8) is 0 Å². The van der Waals surface area contributed by atoms with Crippen molar-refractivity contribution in [2.24, 2.45) is 17.4 Å². The number of carbonyl (C=O) groups is 1. The zero-order valence-electron chi connectivity index (χ0n) is 9.65. The maximum Gasteiger partial charge on any atom is 0.221 e. The Balaban J connectivity index is 2.17. The second kappa shape index (κ2) is 6.81. The summed E-state index contributed by atoms with van der Waals surface area (Å²) in [6.07, 6.45) is 4.96. The number of primary amides is 1. The van der Waals surface area contributed by atoms with Crippen molar-refractivity contribution < 1.29 is 4.79 Å². The van der Waals surface area contributed by atoms with Gasteiger partial charge in [0.2, 0.25) is 5.91 Å². The highest BCUT2D eigenvalue weighted by Gasteiger charge is 2.23. The predicted octanol–water partition coefficient (Wildman–Crippen LogP) is 0.640. The minimum absolute atomic E-state index is 0.0457. The van der Waals surface area contributed by atoms with Gasteiger partial charge in [-0.15, -0.1) is 0 Å². The maximum absolute atomic E-state index is 11.1. The van der Waals surface area contributed by atoms with E-state index in [4.69, 9.17) is 23.7 Å². The van der Waals surface area contributed by atoms with Crippen LogP contribution in [0.5, 0.6) is 0 Å². The summed E-state index contributed by atoms with van der Waals surface area (Å²) < 4.78 is 0. The Morgan fingerprint density at radius 2 is 2.12 bits per heavy atom. The molecule has 1 heterocycles. The molecule has 4 N–H and O–H groups in total. The second-order valence-electron chi connectivity index (χ2n) is 4.47. The van der Waals surface area contributed by atoms with Gasteiger partial charge in [0.1, 0.15) is 0 Å². The van der Waals surface area contributed by atoms with E-state index < -0.39 is 0 Å². The summed E-state index contributed by atoms with van der Waals surface area (Å²) in [6, 6.07) is 0. The highest BCUT2D eigenvalue weighted by molar-refractivity contribution is 7.80. The number of hydrogen-bond acceptors (Lipinski definition) is 3. The zero-order chi connectivity index (χ0) is 12.0. The van der Waals surface area contributed by atoms with Gasteiger partial charge >= 0.3 is 0 Å². The van der Waals surface area contributed by atoms with Crippen LogP contribution in [0.2, 0.25) is 0 Å². The molecule has 0 spiro atoms. The minimum Gasteiger partial charge on any atom is -0.393 e. The molecule has 1 unspecified atom stereocenters. The highest BCUT2D eigenvalue weighted by Crippen LogP contribution is 2.16. The zero-order valence-corrected chi connectivity index (χ0v) is 10.5. The van der Waals surface area contributed by atoms with E-state index in [1.165, 1.54) is 0 Å². The minimum atomic E-state index is -0.159. The Morgan fingerprint density at radius 1 is 1.38 bits per heavy atom. The first-order valence-corrected chi connectivity index (χ1v) is 6.30. The number of amides is 1. The van der Waals surface area contributed by atoms with Crippen LogP contribution in [0.15, 0.2) is 0 Å². The number of thiocarbonyl (C=S) groups is 1. The van der Waals surface area contributed by atoms with E-state index >= 15 is 0 Å². The van der Waals surface area contributed by atoms with Crippen molar-refractivity contribution >= 4 is 23.1 Å². The molecule has 0 radical (unpaired) electrons. The van der Waals surface area contributed by atoms with Crippen molar-refractivity contribution in [2.75, 3.05) is 19.6 Å². The van der Waals surface area contributed by atoms with Gasteiger partial charge in [-0.2, -0.15) is 0 Å². The molecule has 0 aromatic heterocycles. The first kappa shape index (κ1) is 13.4. The van der Waals surface area contributed by atoms with E-state index in [0.717, 1.165) is 51.7 Å². The molecule has 92 valence electrons. The smallest absolute Gasteiger partial charge is 0.221 e. The van der Waals surface area contributed by atoms with Crippen LogP contribution >= 0.6 is 12.2 Å². The molecule has 0 aliphatic carbocycles. The normalized spacial score (nSPS) is 21.9. The van der Waals surface area contributed by atoms with Gasteiger partial charge in [-0.25, -0.2) is 0 Å². The van der Waals surface area contributed by atoms with Crippen LogP contribution in [0.25, 0.3) is 0 Å². The van der Waals surface area contributed by atoms with Gasteiger partial charge in [-0.05, 0) is 45.2 Å². The van der Waals surface area contributed by atoms with Crippen LogP contribution < -0.4 is 11.5 Å². The molecule has 1 amide bonds. The van der Waals surface area contributed by atoms with E-state index in [9.17, 15) is 4.79 Å². The van der Waals surface area contributed by atoms with Crippen LogP contribution in [0.4, 0.5) is 0 Å². The lowest BCUT2D eigenvalue weighted by atomic mass is 9.97. The van der Waals surface area contributed by atoms with Gasteiger partial charge in [-0.1, -0.05) is 12.2 Å². The predicted molar refractivity (Wildman–Crippen MR) is 69.0 cm³/mol. The molecule has 0 bridgehead atoms. The van der Waals surface area contributed by atoms with Crippen LogP contribution in [-0.2, 0) is 4.79 Å². The molecular weight excluding hydrogens is 222 g/mol. The third-order valence-electron chi connectivity index (χ3n) is 3.06. The number of piperidine rings is 1. The third kappa shape index (κ3) is 4.90. The molecule has 1 saturated heterocycles. The maximum atomic E-state index is 11.1. The number of rotatable bonds is 6. The van der Waals surface area contributed by atoms with Gasteiger partial charge in [-0.3, -0.25) is 4.79 Å². The van der Waals surface area contributed by atoms with Crippen molar-refractivity contribution in [1.82, 2.24) is 4.90 Å². The SMILES string of the molecule is NC(=O)C1CCCN(CCCCC(N)=S)C1. The molecule has 0 saturated carbocycles. The topological polar surface area (TPSA) is 72.4 Å². The molecule has 1 fully saturated rings. The molecule has 1 atom stereocenters. The quantitative estimate of drug-likeness (QED) is 0.530. The summed E-state index contributed by atoms with van der Waals surface area (Å²) in [4.78, 5) is 14.0. The Morgan fingerprint density at radius 3 is 2.75 bits per heavy atom. The average molecular weight is 243 g/mol. The standard InChI is InChI=1S/C11H21N3OS/c12-10(16)5-1-2-6-14-7-3-4-9(8-14)11(13)15/h9H,1-8H2,(H2,12,16)(H2,13,15). The summed E-state index contributed by atoms with van der Waals surface area (Å²) in [5.74, 6) is -0.114. The van der Waals surface area contributed by atoms with Gasteiger partial charge < -0.3 is 16.4 Å². The third-order valence-corrected chi connectivity index (χ3v) is 3.26. The van der Waals surface area contributed by atoms with Crippen LogP contribution in [0.3, 0.4) is 0 Å². The van der Waals surface area contributed by atoms with Crippen molar-refractivity contribution in [1.29, 1.82) is 0 Å². The lowest BCUT2D eigenvalue weighted by Gasteiger charge is -2.31. The molecule has 1 rings (SSSR count). The lowest BCUT2D eigenvalue weighted by molar-refractivity contribution is -0.123. The first-order chi connectivity index (χ1) is 7.59. The van der Waals surface area contributed by atoms with Gasteiger partial charge in [0.05, 0.1) is 10.9 Å². The molecule has 5 heteroatoms. The summed E-state index contributed by atoms with van der Waals surface area (Å²) >= 11 is 4.82. The van der Waals surface area contributed by atoms with E-state index in [1.807, 2.05) is 0 Å². The van der Waals surface area contributed by atoms with E-state index in [-0.39, 0.29) is 11.8 Å². The van der Waals surface area contributed by atoms with Gasteiger partial charge in [0.15, 0.2) is 0 Å².